The van der Waals surface area contributed by atoms with Crippen molar-refractivity contribution in [1.82, 2.24) is 15.2 Å². The molecule has 3 rings (SSSR count). The zero-order valence-electron chi connectivity index (χ0n) is 14.4. The Balaban J connectivity index is 1.37. The SMILES string of the molecule is O=C(Cc1ccncc1)NCC1CCN(Cc2cccc(O)c2)CC1. The molecule has 25 heavy (non-hydrogen) atoms. The van der Waals surface area contributed by atoms with Crippen LogP contribution in [0.4, 0.5) is 0 Å². The number of phenols is 1. The predicted molar refractivity (Wildman–Crippen MR) is 97.1 cm³/mol. The molecule has 132 valence electrons. The Morgan fingerprint density at radius 3 is 2.64 bits per heavy atom. The highest BCUT2D eigenvalue weighted by molar-refractivity contribution is 5.78. The van der Waals surface area contributed by atoms with Gasteiger partial charge in [0.25, 0.3) is 0 Å². The van der Waals surface area contributed by atoms with Crippen molar-refractivity contribution in [3.8, 4) is 5.75 Å². The Labute approximate surface area is 148 Å². The molecule has 0 spiro atoms. The molecule has 1 aromatic heterocycles. The van der Waals surface area contributed by atoms with E-state index < -0.39 is 0 Å². The van der Waals surface area contributed by atoms with Crippen LogP contribution in [0.15, 0.2) is 48.8 Å². The summed E-state index contributed by atoms with van der Waals surface area (Å²) in [7, 11) is 0. The number of amides is 1. The van der Waals surface area contributed by atoms with Crippen LogP contribution in [0.1, 0.15) is 24.0 Å². The first kappa shape index (κ1) is 17.4. The molecule has 1 fully saturated rings. The van der Waals surface area contributed by atoms with E-state index in [2.05, 4.69) is 15.2 Å². The molecular formula is C20H25N3O2. The number of aromatic nitrogens is 1. The predicted octanol–water partition coefficient (Wildman–Crippen LogP) is 2.36. The van der Waals surface area contributed by atoms with E-state index in [1.54, 1.807) is 18.5 Å². The fourth-order valence-corrected chi connectivity index (χ4v) is 3.27. The lowest BCUT2D eigenvalue weighted by Gasteiger charge is -2.32. The van der Waals surface area contributed by atoms with Crippen LogP contribution in [-0.4, -0.2) is 40.5 Å². The van der Waals surface area contributed by atoms with Crippen LogP contribution in [0.5, 0.6) is 5.75 Å². The van der Waals surface area contributed by atoms with E-state index in [1.165, 1.54) is 0 Å². The van der Waals surface area contributed by atoms with E-state index in [1.807, 2.05) is 30.3 Å². The van der Waals surface area contributed by atoms with Crippen LogP contribution in [0.2, 0.25) is 0 Å². The third kappa shape index (κ3) is 5.57. The molecule has 0 atom stereocenters. The number of piperidine rings is 1. The molecule has 0 bridgehead atoms. The number of rotatable bonds is 6. The van der Waals surface area contributed by atoms with Crippen LogP contribution in [0.25, 0.3) is 0 Å². The van der Waals surface area contributed by atoms with E-state index in [0.29, 0.717) is 18.1 Å². The first-order valence-corrected chi connectivity index (χ1v) is 8.85. The number of benzene rings is 1. The first-order valence-electron chi connectivity index (χ1n) is 8.85. The number of pyridine rings is 1. The lowest BCUT2D eigenvalue weighted by atomic mass is 9.96. The first-order chi connectivity index (χ1) is 12.2. The molecule has 0 radical (unpaired) electrons. The fourth-order valence-electron chi connectivity index (χ4n) is 3.27. The monoisotopic (exact) mass is 339 g/mol. The summed E-state index contributed by atoms with van der Waals surface area (Å²) in [5, 5.41) is 12.6. The van der Waals surface area contributed by atoms with Gasteiger partial charge in [-0.3, -0.25) is 14.7 Å². The van der Waals surface area contributed by atoms with Crippen molar-refractivity contribution in [1.29, 1.82) is 0 Å². The van der Waals surface area contributed by atoms with Gasteiger partial charge in [-0.15, -0.1) is 0 Å². The molecule has 2 aromatic rings. The summed E-state index contributed by atoms with van der Waals surface area (Å²) in [6, 6.07) is 11.2. The number of hydrogen-bond donors (Lipinski definition) is 2. The van der Waals surface area contributed by atoms with Crippen molar-refractivity contribution in [2.75, 3.05) is 19.6 Å². The summed E-state index contributed by atoms with van der Waals surface area (Å²) in [4.78, 5) is 18.4. The molecular weight excluding hydrogens is 314 g/mol. The Kier molecular flexibility index (Phi) is 6.01. The van der Waals surface area contributed by atoms with Crippen molar-refractivity contribution < 1.29 is 9.90 Å². The number of likely N-dealkylation sites (tertiary alicyclic amines) is 1. The van der Waals surface area contributed by atoms with Gasteiger partial charge >= 0.3 is 0 Å². The minimum absolute atomic E-state index is 0.0772. The maximum Gasteiger partial charge on any atom is 0.224 e. The number of carbonyl (C=O) groups is 1. The average Bonchev–Trinajstić information content (AvgIpc) is 2.62. The van der Waals surface area contributed by atoms with Gasteiger partial charge in [-0.25, -0.2) is 0 Å². The fraction of sp³-hybridized carbons (Fsp3) is 0.400. The molecule has 1 aliphatic rings. The molecule has 0 aliphatic carbocycles. The van der Waals surface area contributed by atoms with Crippen molar-refractivity contribution >= 4 is 5.91 Å². The van der Waals surface area contributed by atoms with Crippen molar-refractivity contribution in [2.45, 2.75) is 25.8 Å². The minimum atomic E-state index is 0.0772. The second kappa shape index (κ2) is 8.62. The third-order valence-corrected chi connectivity index (χ3v) is 4.73. The van der Waals surface area contributed by atoms with E-state index in [4.69, 9.17) is 0 Å². The van der Waals surface area contributed by atoms with Crippen molar-refractivity contribution in [2.24, 2.45) is 5.92 Å². The summed E-state index contributed by atoms with van der Waals surface area (Å²) in [5.74, 6) is 0.944. The number of aromatic hydroxyl groups is 1. The highest BCUT2D eigenvalue weighted by Crippen LogP contribution is 2.20. The Bertz CT molecular complexity index is 682. The van der Waals surface area contributed by atoms with Gasteiger partial charge in [-0.05, 0) is 67.2 Å². The molecule has 2 heterocycles. The lowest BCUT2D eigenvalue weighted by Crippen LogP contribution is -2.38. The Hall–Kier alpha value is -2.40. The smallest absolute Gasteiger partial charge is 0.224 e. The number of carbonyl (C=O) groups excluding carboxylic acids is 1. The van der Waals surface area contributed by atoms with E-state index >= 15 is 0 Å². The van der Waals surface area contributed by atoms with Crippen LogP contribution >= 0.6 is 0 Å². The molecule has 1 amide bonds. The molecule has 5 nitrogen and oxygen atoms in total. The molecule has 2 N–H and O–H groups in total. The van der Waals surface area contributed by atoms with Gasteiger partial charge in [0.05, 0.1) is 6.42 Å². The zero-order valence-corrected chi connectivity index (χ0v) is 14.4. The lowest BCUT2D eigenvalue weighted by molar-refractivity contribution is -0.120. The van der Waals surface area contributed by atoms with Crippen LogP contribution in [0.3, 0.4) is 0 Å². The van der Waals surface area contributed by atoms with Crippen molar-refractivity contribution in [3.05, 3.63) is 59.9 Å². The van der Waals surface area contributed by atoms with Gasteiger partial charge in [0, 0.05) is 25.5 Å². The summed E-state index contributed by atoms with van der Waals surface area (Å²) in [5.41, 5.74) is 2.14. The molecule has 1 aromatic carbocycles. The summed E-state index contributed by atoms with van der Waals surface area (Å²) in [6.45, 7) is 3.68. The normalized spacial score (nSPS) is 15.8. The quantitative estimate of drug-likeness (QED) is 0.848. The zero-order chi connectivity index (χ0) is 17.5. The largest absolute Gasteiger partial charge is 0.508 e. The standard InChI is InChI=1S/C20H25N3O2/c24-19-3-1-2-18(12-19)15-23-10-6-17(7-11-23)14-22-20(25)13-16-4-8-21-9-5-16/h1-5,8-9,12,17,24H,6-7,10-11,13-15H2,(H,22,25). The highest BCUT2D eigenvalue weighted by atomic mass is 16.3. The van der Waals surface area contributed by atoms with Crippen LogP contribution in [0, 0.1) is 5.92 Å². The van der Waals surface area contributed by atoms with Gasteiger partial charge in [0.1, 0.15) is 5.75 Å². The summed E-state index contributed by atoms with van der Waals surface area (Å²) >= 11 is 0. The maximum absolute atomic E-state index is 12.0. The van der Waals surface area contributed by atoms with Gasteiger partial charge in [-0.2, -0.15) is 0 Å². The third-order valence-electron chi connectivity index (χ3n) is 4.73. The summed E-state index contributed by atoms with van der Waals surface area (Å²) < 4.78 is 0. The second-order valence-corrected chi connectivity index (χ2v) is 6.73. The van der Waals surface area contributed by atoms with Crippen LogP contribution in [-0.2, 0) is 17.8 Å². The minimum Gasteiger partial charge on any atom is -0.508 e. The van der Waals surface area contributed by atoms with E-state index in [9.17, 15) is 9.90 Å². The van der Waals surface area contributed by atoms with E-state index in [0.717, 1.165) is 50.1 Å². The number of phenolic OH excluding ortho intramolecular Hbond substituents is 1. The number of hydrogen-bond acceptors (Lipinski definition) is 4. The molecule has 0 unspecified atom stereocenters. The van der Waals surface area contributed by atoms with Gasteiger partial charge in [0.2, 0.25) is 5.91 Å². The molecule has 1 saturated heterocycles. The second-order valence-electron chi connectivity index (χ2n) is 6.73. The average molecular weight is 339 g/mol. The van der Waals surface area contributed by atoms with Gasteiger partial charge < -0.3 is 10.4 Å². The number of nitrogens with one attached hydrogen (secondary N) is 1. The topological polar surface area (TPSA) is 65.5 Å². The van der Waals surface area contributed by atoms with Crippen LogP contribution < -0.4 is 5.32 Å². The maximum atomic E-state index is 12.0. The number of nitrogens with zero attached hydrogens (tertiary/aromatic N) is 2. The highest BCUT2D eigenvalue weighted by Gasteiger charge is 2.19. The molecule has 5 heteroatoms. The Morgan fingerprint density at radius 2 is 1.92 bits per heavy atom. The summed E-state index contributed by atoms with van der Waals surface area (Å²) in [6.07, 6.45) is 6.03. The van der Waals surface area contributed by atoms with Crippen molar-refractivity contribution in [3.63, 3.8) is 0 Å². The van der Waals surface area contributed by atoms with Gasteiger partial charge in [0.15, 0.2) is 0 Å². The van der Waals surface area contributed by atoms with E-state index in [-0.39, 0.29) is 5.91 Å². The molecule has 1 aliphatic heterocycles. The van der Waals surface area contributed by atoms with Gasteiger partial charge in [-0.1, -0.05) is 12.1 Å². The molecule has 0 saturated carbocycles. The Morgan fingerprint density at radius 1 is 1.16 bits per heavy atom.